The zero-order chi connectivity index (χ0) is 14.3. The molecule has 0 saturated carbocycles. The van der Waals surface area contributed by atoms with Gasteiger partial charge in [-0.1, -0.05) is 30.3 Å². The number of ether oxygens (including phenoxy) is 1. The summed E-state index contributed by atoms with van der Waals surface area (Å²) in [6, 6.07) is 8.79. The highest BCUT2D eigenvalue weighted by Gasteiger charge is 2.19. The summed E-state index contributed by atoms with van der Waals surface area (Å²) in [4.78, 5) is 10.9. The van der Waals surface area contributed by atoms with Gasteiger partial charge < -0.3 is 10.5 Å². The first-order chi connectivity index (χ1) is 8.96. The van der Waals surface area contributed by atoms with Crippen LogP contribution >= 0.6 is 0 Å². The summed E-state index contributed by atoms with van der Waals surface area (Å²) >= 11 is 0. The molecule has 106 valence electrons. The number of rotatable bonds is 6. The Morgan fingerprint density at radius 2 is 2.00 bits per heavy atom. The summed E-state index contributed by atoms with van der Waals surface area (Å²) in [7, 11) is -2.90. The van der Waals surface area contributed by atoms with Crippen LogP contribution in [0.3, 0.4) is 0 Å². The molecule has 7 nitrogen and oxygen atoms in total. The van der Waals surface area contributed by atoms with E-state index in [9.17, 15) is 13.2 Å². The summed E-state index contributed by atoms with van der Waals surface area (Å²) in [5.41, 5.74) is 6.46. The van der Waals surface area contributed by atoms with Crippen molar-refractivity contribution in [2.45, 2.75) is 12.5 Å². The summed E-state index contributed by atoms with van der Waals surface area (Å²) in [6.07, 6.45) is -0.623. The van der Waals surface area contributed by atoms with E-state index in [1.165, 1.54) is 0 Å². The van der Waals surface area contributed by atoms with Crippen molar-refractivity contribution in [1.29, 1.82) is 0 Å². The fourth-order valence-electron chi connectivity index (χ4n) is 1.47. The third kappa shape index (κ3) is 5.69. The molecule has 0 fully saturated rings. The van der Waals surface area contributed by atoms with Gasteiger partial charge in [0.15, 0.2) is 0 Å². The molecular weight excluding hydrogens is 270 g/mol. The molecule has 1 unspecified atom stereocenters. The van der Waals surface area contributed by atoms with Gasteiger partial charge in [0.05, 0.1) is 7.11 Å². The molecule has 1 rings (SSSR count). The molecule has 19 heavy (non-hydrogen) atoms. The van der Waals surface area contributed by atoms with E-state index < -0.39 is 22.3 Å². The van der Waals surface area contributed by atoms with Gasteiger partial charge in [-0.2, -0.15) is 13.1 Å². The average Bonchev–Trinajstić information content (AvgIpc) is 2.38. The van der Waals surface area contributed by atoms with Gasteiger partial charge in [-0.3, -0.25) is 0 Å². The predicted molar refractivity (Wildman–Crippen MR) is 70.6 cm³/mol. The maximum Gasteiger partial charge on any atom is 0.421 e. The van der Waals surface area contributed by atoms with Crippen molar-refractivity contribution >= 4 is 16.3 Å². The monoisotopic (exact) mass is 287 g/mol. The topological polar surface area (TPSA) is 111 Å². The van der Waals surface area contributed by atoms with Crippen LogP contribution in [0.1, 0.15) is 5.56 Å². The van der Waals surface area contributed by atoms with Gasteiger partial charge in [0.25, 0.3) is 0 Å². The van der Waals surface area contributed by atoms with Crippen molar-refractivity contribution in [3.05, 3.63) is 35.9 Å². The van der Waals surface area contributed by atoms with E-state index in [0.717, 1.165) is 12.7 Å². The molecule has 0 aliphatic carbocycles. The first-order valence-electron chi connectivity index (χ1n) is 5.59. The number of carbonyl (C=O) groups is 1. The van der Waals surface area contributed by atoms with Crippen molar-refractivity contribution in [2.24, 2.45) is 5.73 Å². The second-order valence-electron chi connectivity index (χ2n) is 3.84. The lowest BCUT2D eigenvalue weighted by molar-refractivity contribution is 0.177. The first-order valence-corrected chi connectivity index (χ1v) is 7.07. The SMILES string of the molecule is COC(=O)NS(=O)(=O)NC(CN)Cc1ccccc1. The highest BCUT2D eigenvalue weighted by Crippen LogP contribution is 2.03. The molecule has 4 N–H and O–H groups in total. The van der Waals surface area contributed by atoms with Crippen LogP contribution in [0.2, 0.25) is 0 Å². The number of hydrogen-bond acceptors (Lipinski definition) is 5. The smallest absolute Gasteiger partial charge is 0.421 e. The normalized spacial score (nSPS) is 12.7. The van der Waals surface area contributed by atoms with Gasteiger partial charge in [0.2, 0.25) is 0 Å². The zero-order valence-electron chi connectivity index (χ0n) is 10.5. The number of carbonyl (C=O) groups excluding carboxylic acids is 1. The quantitative estimate of drug-likeness (QED) is 0.668. The Morgan fingerprint density at radius 3 is 2.53 bits per heavy atom. The van der Waals surface area contributed by atoms with Gasteiger partial charge >= 0.3 is 16.3 Å². The Morgan fingerprint density at radius 1 is 1.37 bits per heavy atom. The lowest BCUT2D eigenvalue weighted by Gasteiger charge is -2.16. The van der Waals surface area contributed by atoms with Crippen molar-refractivity contribution < 1.29 is 17.9 Å². The molecule has 8 heteroatoms. The fourth-order valence-corrected chi connectivity index (χ4v) is 2.45. The second kappa shape index (κ2) is 7.07. The first kappa shape index (κ1) is 15.4. The van der Waals surface area contributed by atoms with Crippen molar-refractivity contribution in [2.75, 3.05) is 13.7 Å². The Bertz CT molecular complexity index is 504. The Labute approximate surface area is 112 Å². The van der Waals surface area contributed by atoms with Crippen LogP contribution in [0, 0.1) is 0 Å². The van der Waals surface area contributed by atoms with Crippen LogP contribution in [0.5, 0.6) is 0 Å². The van der Waals surface area contributed by atoms with Crippen LogP contribution in [0.15, 0.2) is 30.3 Å². The number of amides is 1. The van der Waals surface area contributed by atoms with Gasteiger partial charge in [-0.25, -0.2) is 9.52 Å². The minimum atomic E-state index is -3.98. The van der Waals surface area contributed by atoms with Crippen molar-refractivity contribution in [3.63, 3.8) is 0 Å². The van der Waals surface area contributed by atoms with Crippen LogP contribution in [0.4, 0.5) is 4.79 Å². The van der Waals surface area contributed by atoms with E-state index in [-0.39, 0.29) is 6.54 Å². The third-order valence-corrected chi connectivity index (χ3v) is 3.41. The van der Waals surface area contributed by atoms with Gasteiger partial charge in [0, 0.05) is 12.6 Å². The predicted octanol–water partition coefficient (Wildman–Crippen LogP) is -0.253. The molecule has 0 aliphatic heterocycles. The lowest BCUT2D eigenvalue weighted by Crippen LogP contribution is -2.48. The number of nitrogens with two attached hydrogens (primary N) is 1. The van der Waals surface area contributed by atoms with E-state index in [1.54, 1.807) is 4.72 Å². The summed E-state index contributed by atoms with van der Waals surface area (Å²) in [6.45, 7) is 0.108. The molecule has 1 atom stereocenters. The molecule has 0 radical (unpaired) electrons. The summed E-state index contributed by atoms with van der Waals surface area (Å²) in [5, 5.41) is 0. The fraction of sp³-hybridized carbons (Fsp3) is 0.364. The van der Waals surface area contributed by atoms with Crippen LogP contribution in [-0.4, -0.2) is 34.2 Å². The zero-order valence-corrected chi connectivity index (χ0v) is 11.3. The molecule has 0 bridgehead atoms. The Hall–Kier alpha value is -1.64. The lowest BCUT2D eigenvalue weighted by atomic mass is 10.1. The van der Waals surface area contributed by atoms with E-state index >= 15 is 0 Å². The molecule has 0 heterocycles. The maximum absolute atomic E-state index is 11.6. The number of methoxy groups -OCH3 is 1. The molecular formula is C11H17N3O4S. The standard InChI is InChI=1S/C11H17N3O4S/c1-18-11(15)14-19(16,17)13-10(8-12)7-9-5-3-2-4-6-9/h2-6,10,13H,7-8,12H2,1H3,(H,14,15). The van der Waals surface area contributed by atoms with E-state index in [2.05, 4.69) is 9.46 Å². The summed E-state index contributed by atoms with van der Waals surface area (Å²) in [5.74, 6) is 0. The van der Waals surface area contributed by atoms with E-state index in [1.807, 2.05) is 30.3 Å². The van der Waals surface area contributed by atoms with Crippen molar-refractivity contribution in [3.8, 4) is 0 Å². The molecule has 1 amide bonds. The molecule has 0 aliphatic rings. The average molecular weight is 287 g/mol. The molecule has 0 spiro atoms. The highest BCUT2D eigenvalue weighted by molar-refractivity contribution is 7.88. The Balaban J connectivity index is 2.64. The van der Waals surface area contributed by atoms with E-state index in [0.29, 0.717) is 6.42 Å². The number of hydrogen-bond donors (Lipinski definition) is 3. The minimum Gasteiger partial charge on any atom is -0.452 e. The number of nitrogens with one attached hydrogen (secondary N) is 2. The van der Waals surface area contributed by atoms with Crippen LogP contribution in [-0.2, 0) is 21.4 Å². The van der Waals surface area contributed by atoms with Gasteiger partial charge in [0.1, 0.15) is 0 Å². The van der Waals surface area contributed by atoms with Crippen LogP contribution < -0.4 is 15.2 Å². The van der Waals surface area contributed by atoms with Crippen LogP contribution in [0.25, 0.3) is 0 Å². The van der Waals surface area contributed by atoms with Crippen molar-refractivity contribution in [1.82, 2.24) is 9.44 Å². The van der Waals surface area contributed by atoms with Gasteiger partial charge in [-0.05, 0) is 12.0 Å². The molecule has 0 aromatic heterocycles. The second-order valence-corrected chi connectivity index (χ2v) is 5.28. The maximum atomic E-state index is 11.6. The van der Waals surface area contributed by atoms with Gasteiger partial charge in [-0.15, -0.1) is 0 Å². The Kier molecular flexibility index (Phi) is 5.74. The summed E-state index contributed by atoms with van der Waals surface area (Å²) < 4.78 is 31.4. The number of benzene rings is 1. The minimum absolute atomic E-state index is 0.108. The van der Waals surface area contributed by atoms with E-state index in [4.69, 9.17) is 5.73 Å². The largest absolute Gasteiger partial charge is 0.452 e. The molecule has 0 saturated heterocycles. The third-order valence-electron chi connectivity index (χ3n) is 2.33. The molecule has 1 aromatic carbocycles. The molecule has 1 aromatic rings. The highest BCUT2D eigenvalue weighted by atomic mass is 32.2.